The molecule has 0 spiro atoms. The summed E-state index contributed by atoms with van der Waals surface area (Å²) in [5.74, 6) is 0.904. The van der Waals surface area contributed by atoms with Gasteiger partial charge in [-0.1, -0.05) is 25.3 Å². The van der Waals surface area contributed by atoms with Gasteiger partial charge in [0.15, 0.2) is 0 Å². The molecule has 1 unspecified atom stereocenters. The van der Waals surface area contributed by atoms with E-state index in [4.69, 9.17) is 10.5 Å². The summed E-state index contributed by atoms with van der Waals surface area (Å²) in [6, 6.07) is 8.27. The van der Waals surface area contributed by atoms with Crippen molar-refractivity contribution in [3.63, 3.8) is 0 Å². The van der Waals surface area contributed by atoms with E-state index in [9.17, 15) is 4.79 Å². The van der Waals surface area contributed by atoms with Gasteiger partial charge in [0.2, 0.25) is 5.91 Å². The van der Waals surface area contributed by atoms with E-state index in [0.717, 1.165) is 63.1 Å². The van der Waals surface area contributed by atoms with Crippen molar-refractivity contribution in [1.82, 2.24) is 5.32 Å². The molecule has 0 bridgehead atoms. The fourth-order valence-electron chi connectivity index (χ4n) is 3.88. The van der Waals surface area contributed by atoms with Crippen molar-refractivity contribution in [2.24, 2.45) is 5.73 Å². The molecule has 5 heteroatoms. The minimum Gasteiger partial charge on any atom is -0.497 e. The Labute approximate surface area is 144 Å². The molecule has 2 fully saturated rings. The predicted octanol–water partition coefficient (Wildman–Crippen LogP) is 2.44. The smallest absolute Gasteiger partial charge is 0.240 e. The van der Waals surface area contributed by atoms with E-state index in [2.05, 4.69) is 22.3 Å². The molecule has 1 saturated carbocycles. The van der Waals surface area contributed by atoms with Gasteiger partial charge in [-0.05, 0) is 37.8 Å². The van der Waals surface area contributed by atoms with E-state index >= 15 is 0 Å². The number of carbonyl (C=O) groups is 1. The minimum absolute atomic E-state index is 0.0414. The third-order valence-electron chi connectivity index (χ3n) is 5.37. The number of benzene rings is 1. The summed E-state index contributed by atoms with van der Waals surface area (Å²) in [4.78, 5) is 15.0. The summed E-state index contributed by atoms with van der Waals surface area (Å²) in [7, 11) is 1.68. The highest BCUT2D eigenvalue weighted by atomic mass is 16.5. The zero-order valence-corrected chi connectivity index (χ0v) is 14.6. The summed E-state index contributed by atoms with van der Waals surface area (Å²) in [5, 5.41) is 3.22. The van der Waals surface area contributed by atoms with Gasteiger partial charge in [0.1, 0.15) is 5.75 Å². The van der Waals surface area contributed by atoms with Crippen LogP contribution >= 0.6 is 0 Å². The van der Waals surface area contributed by atoms with Crippen molar-refractivity contribution < 1.29 is 9.53 Å². The summed E-state index contributed by atoms with van der Waals surface area (Å²) < 4.78 is 5.32. The second-order valence-electron chi connectivity index (χ2n) is 7.18. The molecule has 1 aromatic rings. The van der Waals surface area contributed by atoms with Crippen LogP contribution in [0.4, 0.5) is 5.69 Å². The Morgan fingerprint density at radius 3 is 2.83 bits per heavy atom. The van der Waals surface area contributed by atoms with Gasteiger partial charge in [-0.2, -0.15) is 0 Å². The molecule has 3 rings (SSSR count). The summed E-state index contributed by atoms with van der Waals surface area (Å²) in [6.45, 7) is 1.84. The van der Waals surface area contributed by atoms with Gasteiger partial charge in [0, 0.05) is 30.9 Å². The van der Waals surface area contributed by atoms with Crippen molar-refractivity contribution in [1.29, 1.82) is 0 Å². The lowest BCUT2D eigenvalue weighted by Crippen LogP contribution is -2.59. The van der Waals surface area contributed by atoms with E-state index in [1.165, 1.54) is 6.42 Å². The highest BCUT2D eigenvalue weighted by molar-refractivity contribution is 5.86. The van der Waals surface area contributed by atoms with Crippen molar-refractivity contribution in [2.75, 3.05) is 25.1 Å². The second kappa shape index (κ2) is 7.43. The predicted molar refractivity (Wildman–Crippen MR) is 96.4 cm³/mol. The average molecular weight is 331 g/mol. The Morgan fingerprint density at radius 2 is 2.08 bits per heavy atom. The number of nitrogens with zero attached hydrogens (tertiary/aromatic N) is 1. The molecule has 2 aliphatic rings. The molecular formula is C19H29N3O2. The molecule has 5 nitrogen and oxygen atoms in total. The van der Waals surface area contributed by atoms with Crippen LogP contribution in [0.2, 0.25) is 0 Å². The van der Waals surface area contributed by atoms with Gasteiger partial charge in [-0.25, -0.2) is 0 Å². The van der Waals surface area contributed by atoms with Gasteiger partial charge >= 0.3 is 0 Å². The zero-order valence-electron chi connectivity index (χ0n) is 14.6. The molecule has 3 N–H and O–H groups in total. The van der Waals surface area contributed by atoms with Crippen LogP contribution < -0.4 is 20.7 Å². The number of carbonyl (C=O) groups excluding carboxylic acids is 1. The van der Waals surface area contributed by atoms with E-state index < -0.39 is 5.54 Å². The molecule has 1 amide bonds. The lowest BCUT2D eigenvalue weighted by molar-refractivity contribution is -0.128. The maximum atomic E-state index is 12.7. The first-order chi connectivity index (χ1) is 11.6. The maximum absolute atomic E-state index is 12.7. The monoisotopic (exact) mass is 331 g/mol. The van der Waals surface area contributed by atoms with Crippen LogP contribution in [0, 0.1) is 0 Å². The van der Waals surface area contributed by atoms with Gasteiger partial charge in [0.05, 0.1) is 12.6 Å². The standard InChI is InChI=1S/C19H29N3O2/c1-24-17-9-5-8-16(13-17)22-12-6-7-15(14-22)21-18(23)19(20)10-3-2-4-11-19/h5,8-9,13,15H,2-4,6-7,10-12,14,20H2,1H3,(H,21,23). The van der Waals surface area contributed by atoms with Crippen molar-refractivity contribution in [3.8, 4) is 5.75 Å². The van der Waals surface area contributed by atoms with Crippen LogP contribution in [0.15, 0.2) is 24.3 Å². The molecule has 0 aromatic heterocycles. The van der Waals surface area contributed by atoms with E-state index in [-0.39, 0.29) is 11.9 Å². The molecule has 0 radical (unpaired) electrons. The van der Waals surface area contributed by atoms with Crippen molar-refractivity contribution >= 4 is 11.6 Å². The van der Waals surface area contributed by atoms with Gasteiger partial charge in [-0.15, -0.1) is 0 Å². The molecular weight excluding hydrogens is 302 g/mol. The molecule has 1 heterocycles. The number of anilines is 1. The largest absolute Gasteiger partial charge is 0.497 e. The van der Waals surface area contributed by atoms with Crippen LogP contribution in [-0.4, -0.2) is 37.7 Å². The second-order valence-corrected chi connectivity index (χ2v) is 7.18. The first-order valence-electron chi connectivity index (χ1n) is 9.09. The van der Waals surface area contributed by atoms with Crippen LogP contribution in [0.3, 0.4) is 0 Å². The number of ether oxygens (including phenoxy) is 1. The molecule has 1 saturated heterocycles. The Balaban J connectivity index is 1.62. The van der Waals surface area contributed by atoms with Gasteiger partial charge < -0.3 is 20.7 Å². The molecule has 24 heavy (non-hydrogen) atoms. The van der Waals surface area contributed by atoms with E-state index in [1.807, 2.05) is 12.1 Å². The fourth-order valence-corrected chi connectivity index (χ4v) is 3.88. The average Bonchev–Trinajstić information content (AvgIpc) is 2.62. The molecule has 1 aliphatic carbocycles. The number of nitrogens with two attached hydrogens (primary N) is 1. The first kappa shape index (κ1) is 17.1. The Morgan fingerprint density at radius 1 is 1.29 bits per heavy atom. The fraction of sp³-hybridized carbons (Fsp3) is 0.632. The Bertz CT molecular complexity index is 569. The van der Waals surface area contributed by atoms with Gasteiger partial charge in [0.25, 0.3) is 0 Å². The van der Waals surface area contributed by atoms with E-state index in [0.29, 0.717) is 0 Å². The first-order valence-corrected chi connectivity index (χ1v) is 9.09. The van der Waals surface area contributed by atoms with Crippen molar-refractivity contribution in [2.45, 2.75) is 56.5 Å². The summed E-state index contributed by atoms with van der Waals surface area (Å²) in [6.07, 6.45) is 7.02. The van der Waals surface area contributed by atoms with Crippen LogP contribution in [-0.2, 0) is 4.79 Å². The SMILES string of the molecule is COc1cccc(N2CCCC(NC(=O)C3(N)CCCCC3)C2)c1. The number of nitrogens with one attached hydrogen (secondary N) is 1. The highest BCUT2D eigenvalue weighted by Gasteiger charge is 2.36. The van der Waals surface area contributed by atoms with Gasteiger partial charge in [-0.3, -0.25) is 4.79 Å². The number of hydrogen-bond donors (Lipinski definition) is 2. The highest BCUT2D eigenvalue weighted by Crippen LogP contribution is 2.27. The number of piperidine rings is 1. The number of methoxy groups -OCH3 is 1. The Hall–Kier alpha value is -1.75. The number of rotatable bonds is 4. The summed E-state index contributed by atoms with van der Waals surface area (Å²) >= 11 is 0. The van der Waals surface area contributed by atoms with Crippen LogP contribution in [0.5, 0.6) is 5.75 Å². The number of amides is 1. The molecule has 1 aliphatic heterocycles. The van der Waals surface area contributed by atoms with Crippen LogP contribution in [0.25, 0.3) is 0 Å². The lowest BCUT2D eigenvalue weighted by atomic mass is 9.81. The zero-order chi connectivity index (χ0) is 17.0. The molecule has 1 atom stereocenters. The quantitative estimate of drug-likeness (QED) is 0.889. The van der Waals surface area contributed by atoms with E-state index in [1.54, 1.807) is 7.11 Å². The minimum atomic E-state index is -0.656. The normalized spacial score (nSPS) is 23.6. The maximum Gasteiger partial charge on any atom is 0.240 e. The lowest BCUT2D eigenvalue weighted by Gasteiger charge is -2.38. The molecule has 1 aromatic carbocycles. The van der Waals surface area contributed by atoms with Crippen LogP contribution in [0.1, 0.15) is 44.9 Å². The van der Waals surface area contributed by atoms with Crippen molar-refractivity contribution in [3.05, 3.63) is 24.3 Å². The Kier molecular flexibility index (Phi) is 5.29. The number of hydrogen-bond acceptors (Lipinski definition) is 4. The summed E-state index contributed by atoms with van der Waals surface area (Å²) in [5.41, 5.74) is 6.85. The third-order valence-corrected chi connectivity index (χ3v) is 5.37. The topological polar surface area (TPSA) is 67.6 Å². The molecule has 132 valence electrons. The third kappa shape index (κ3) is 3.83.